The van der Waals surface area contributed by atoms with E-state index >= 15 is 0 Å². The molecule has 0 fully saturated rings. The van der Waals surface area contributed by atoms with Gasteiger partial charge >= 0.3 is 0 Å². The second-order valence-corrected chi connectivity index (χ2v) is 6.36. The van der Waals surface area contributed by atoms with Gasteiger partial charge in [0.05, 0.1) is 7.11 Å². The maximum Gasteiger partial charge on any atom is 0.171 e. The van der Waals surface area contributed by atoms with Crippen molar-refractivity contribution < 1.29 is 4.74 Å². The fourth-order valence-electron chi connectivity index (χ4n) is 2.29. The molecule has 0 aliphatic rings. The van der Waals surface area contributed by atoms with Crippen LogP contribution in [0.5, 0.6) is 5.75 Å². The molecule has 0 saturated carbocycles. The number of halogens is 1. The second-order valence-electron chi connectivity index (χ2n) is 5.03. The highest BCUT2D eigenvalue weighted by molar-refractivity contribution is 9.10. The summed E-state index contributed by atoms with van der Waals surface area (Å²) in [6, 6.07) is 12.0. The van der Waals surface area contributed by atoms with E-state index in [-0.39, 0.29) is 0 Å². The first-order valence-corrected chi connectivity index (χ1v) is 8.15. The van der Waals surface area contributed by atoms with Crippen molar-refractivity contribution >= 4 is 38.9 Å². The Morgan fingerprint density at radius 3 is 2.45 bits per heavy atom. The van der Waals surface area contributed by atoms with Gasteiger partial charge in [-0.1, -0.05) is 34.1 Å². The van der Waals surface area contributed by atoms with E-state index in [2.05, 4.69) is 52.5 Å². The molecule has 0 aromatic heterocycles. The second kappa shape index (κ2) is 7.61. The van der Waals surface area contributed by atoms with Crippen molar-refractivity contribution in [3.05, 3.63) is 57.6 Å². The number of anilines is 1. The lowest BCUT2D eigenvalue weighted by molar-refractivity contribution is 0.409. The molecule has 0 heterocycles. The summed E-state index contributed by atoms with van der Waals surface area (Å²) < 4.78 is 6.41. The molecule has 3 nitrogen and oxygen atoms in total. The zero-order chi connectivity index (χ0) is 16.1. The number of hydrogen-bond donors (Lipinski definition) is 2. The van der Waals surface area contributed by atoms with Crippen LogP contribution in [0.15, 0.2) is 40.9 Å². The summed E-state index contributed by atoms with van der Waals surface area (Å²) in [5.41, 5.74) is 4.40. The number of aryl methyl sites for hydroxylation is 2. The molecule has 0 aliphatic heterocycles. The Hall–Kier alpha value is -1.59. The minimum atomic E-state index is 0.597. The van der Waals surface area contributed by atoms with Crippen molar-refractivity contribution in [2.45, 2.75) is 20.4 Å². The molecule has 0 saturated heterocycles. The van der Waals surface area contributed by atoms with Crippen molar-refractivity contribution in [3.63, 3.8) is 0 Å². The smallest absolute Gasteiger partial charge is 0.171 e. The Bertz CT molecular complexity index is 665. The van der Waals surface area contributed by atoms with Crippen LogP contribution in [0.3, 0.4) is 0 Å². The zero-order valence-corrected chi connectivity index (χ0v) is 15.3. The summed E-state index contributed by atoms with van der Waals surface area (Å²) >= 11 is 8.89. The maximum absolute atomic E-state index is 5.39. The average molecular weight is 379 g/mol. The summed E-state index contributed by atoms with van der Waals surface area (Å²) in [5.74, 6) is 0.855. The monoisotopic (exact) mass is 378 g/mol. The van der Waals surface area contributed by atoms with Crippen LogP contribution in [0.25, 0.3) is 0 Å². The third kappa shape index (κ3) is 4.21. The van der Waals surface area contributed by atoms with E-state index in [9.17, 15) is 0 Å². The number of thiocarbonyl (C=S) groups is 1. The third-order valence-electron chi connectivity index (χ3n) is 3.37. The fraction of sp³-hybridized carbons (Fsp3) is 0.235. The molecular weight excluding hydrogens is 360 g/mol. The predicted molar refractivity (Wildman–Crippen MR) is 99.7 cm³/mol. The first-order chi connectivity index (χ1) is 10.5. The molecular formula is C17H19BrN2OS. The first-order valence-electron chi connectivity index (χ1n) is 6.94. The normalized spacial score (nSPS) is 10.2. The highest BCUT2D eigenvalue weighted by Gasteiger charge is 2.07. The maximum atomic E-state index is 5.39. The number of methoxy groups -OCH3 is 1. The number of hydrogen-bond acceptors (Lipinski definition) is 2. The van der Waals surface area contributed by atoms with E-state index in [4.69, 9.17) is 17.0 Å². The largest absolute Gasteiger partial charge is 0.496 e. The van der Waals surface area contributed by atoms with Crippen LogP contribution < -0.4 is 15.4 Å². The third-order valence-corrected chi connectivity index (χ3v) is 4.07. The first kappa shape index (κ1) is 16.8. The SMILES string of the molecule is COc1ccccc1CNC(=S)Nc1c(C)cc(Br)cc1C. The number of ether oxygens (including phenoxy) is 1. The minimum Gasteiger partial charge on any atom is -0.496 e. The molecule has 2 aromatic carbocycles. The van der Waals surface area contributed by atoms with Gasteiger partial charge in [0.15, 0.2) is 5.11 Å². The van der Waals surface area contributed by atoms with Crippen molar-refractivity contribution in [2.24, 2.45) is 0 Å². The lowest BCUT2D eigenvalue weighted by Crippen LogP contribution is -2.28. The molecule has 116 valence electrons. The fourth-order valence-corrected chi connectivity index (χ4v) is 3.15. The molecule has 0 amide bonds. The Morgan fingerprint density at radius 1 is 1.18 bits per heavy atom. The van der Waals surface area contributed by atoms with E-state index in [1.807, 2.05) is 24.3 Å². The molecule has 0 unspecified atom stereocenters. The van der Waals surface area contributed by atoms with E-state index in [1.54, 1.807) is 7.11 Å². The van der Waals surface area contributed by atoms with Crippen molar-refractivity contribution in [1.82, 2.24) is 5.32 Å². The molecule has 5 heteroatoms. The number of benzene rings is 2. The van der Waals surface area contributed by atoms with Gasteiger partial charge in [0, 0.05) is 22.3 Å². The molecule has 0 bridgehead atoms. The molecule has 2 N–H and O–H groups in total. The van der Waals surface area contributed by atoms with Gasteiger partial charge in [-0.25, -0.2) is 0 Å². The van der Waals surface area contributed by atoms with E-state index in [0.717, 1.165) is 32.6 Å². The number of para-hydroxylation sites is 1. The molecule has 2 aromatic rings. The van der Waals surface area contributed by atoms with Gasteiger partial charge in [0.1, 0.15) is 5.75 Å². The van der Waals surface area contributed by atoms with Crippen molar-refractivity contribution in [2.75, 3.05) is 12.4 Å². The lowest BCUT2D eigenvalue weighted by Gasteiger charge is -2.16. The van der Waals surface area contributed by atoms with Crippen LogP contribution >= 0.6 is 28.1 Å². The number of nitrogens with one attached hydrogen (secondary N) is 2. The van der Waals surface area contributed by atoms with Gasteiger partial charge in [-0.05, 0) is 55.4 Å². The standard InChI is InChI=1S/C17H19BrN2OS/c1-11-8-14(18)9-12(2)16(11)20-17(22)19-10-13-6-4-5-7-15(13)21-3/h4-9H,10H2,1-3H3,(H2,19,20,22). The molecule has 0 radical (unpaired) electrons. The minimum absolute atomic E-state index is 0.597. The summed E-state index contributed by atoms with van der Waals surface area (Å²) in [7, 11) is 1.67. The van der Waals surface area contributed by atoms with Gasteiger partial charge in [0.25, 0.3) is 0 Å². The van der Waals surface area contributed by atoms with Crippen molar-refractivity contribution in [3.8, 4) is 5.75 Å². The molecule has 2 rings (SSSR count). The molecule has 0 spiro atoms. The summed E-state index contributed by atoms with van der Waals surface area (Å²) in [6.45, 7) is 4.73. The summed E-state index contributed by atoms with van der Waals surface area (Å²) in [6.07, 6.45) is 0. The van der Waals surface area contributed by atoms with Crippen LogP contribution in [0.4, 0.5) is 5.69 Å². The molecule has 0 atom stereocenters. The molecule has 22 heavy (non-hydrogen) atoms. The van der Waals surface area contributed by atoms with Gasteiger partial charge in [0.2, 0.25) is 0 Å². The highest BCUT2D eigenvalue weighted by Crippen LogP contribution is 2.25. The highest BCUT2D eigenvalue weighted by atomic mass is 79.9. The predicted octanol–water partition coefficient (Wildman–Crippen LogP) is 4.56. The van der Waals surface area contributed by atoms with Crippen LogP contribution in [0, 0.1) is 13.8 Å². The van der Waals surface area contributed by atoms with Crippen LogP contribution in [0.1, 0.15) is 16.7 Å². The van der Waals surface area contributed by atoms with Crippen molar-refractivity contribution in [1.29, 1.82) is 0 Å². The van der Waals surface area contributed by atoms with Crippen LogP contribution in [0.2, 0.25) is 0 Å². The quantitative estimate of drug-likeness (QED) is 0.763. The Morgan fingerprint density at radius 2 is 1.82 bits per heavy atom. The lowest BCUT2D eigenvalue weighted by atomic mass is 10.1. The Labute approximate surface area is 145 Å². The van der Waals surface area contributed by atoms with E-state index in [0.29, 0.717) is 11.7 Å². The van der Waals surface area contributed by atoms with E-state index < -0.39 is 0 Å². The van der Waals surface area contributed by atoms with E-state index in [1.165, 1.54) is 0 Å². The molecule has 0 aliphatic carbocycles. The van der Waals surface area contributed by atoms with Gasteiger partial charge in [-0.2, -0.15) is 0 Å². The Kier molecular flexibility index (Phi) is 5.80. The van der Waals surface area contributed by atoms with Gasteiger partial charge in [-0.15, -0.1) is 0 Å². The number of rotatable bonds is 4. The zero-order valence-electron chi connectivity index (χ0n) is 12.9. The average Bonchev–Trinajstić information content (AvgIpc) is 2.49. The van der Waals surface area contributed by atoms with Crippen LogP contribution in [-0.2, 0) is 6.54 Å². The summed E-state index contributed by atoms with van der Waals surface area (Å²) in [5, 5.41) is 7.09. The summed E-state index contributed by atoms with van der Waals surface area (Å²) in [4.78, 5) is 0. The van der Waals surface area contributed by atoms with Gasteiger partial charge < -0.3 is 15.4 Å². The van der Waals surface area contributed by atoms with Crippen LogP contribution in [-0.4, -0.2) is 12.2 Å². The Balaban J connectivity index is 2.02. The van der Waals surface area contributed by atoms with Gasteiger partial charge in [-0.3, -0.25) is 0 Å². The topological polar surface area (TPSA) is 33.3 Å².